The van der Waals surface area contributed by atoms with Gasteiger partial charge in [-0.2, -0.15) is 4.31 Å². The van der Waals surface area contributed by atoms with Gasteiger partial charge in [0.25, 0.3) is 0 Å². The summed E-state index contributed by atoms with van der Waals surface area (Å²) in [5, 5.41) is 10.6. The maximum atomic E-state index is 15.2. The van der Waals surface area contributed by atoms with Gasteiger partial charge in [0.1, 0.15) is 17.4 Å². The molecule has 0 bridgehead atoms. The average Bonchev–Trinajstić information content (AvgIpc) is 3.17. The van der Waals surface area contributed by atoms with Gasteiger partial charge in [-0.05, 0) is 32.4 Å². The number of aliphatic hydroxyl groups is 1. The smallest absolute Gasteiger partial charge is 0.249 e. The largest absolute Gasteiger partial charge is 0.391 e. The Kier molecular flexibility index (Phi) is 7.05. The average molecular weight is 551 g/mol. The molecule has 13 heteroatoms. The summed E-state index contributed by atoms with van der Waals surface area (Å²) in [5.74, 6) is -0.0551. The molecule has 1 unspecified atom stereocenters. The van der Waals surface area contributed by atoms with Crippen LogP contribution in [0.4, 0.5) is 10.3 Å². The molecule has 0 amide bonds. The number of β-amino-alcohol motifs (C(OH)–C–C–N with tert-alkyl or cyclic N) is 1. The molecular weight excluding hydrogens is 523 g/mol. The summed E-state index contributed by atoms with van der Waals surface area (Å²) in [5.41, 5.74) is 1.66. The van der Waals surface area contributed by atoms with Crippen molar-refractivity contribution in [3.63, 3.8) is 0 Å². The minimum Gasteiger partial charge on any atom is -0.391 e. The Balaban J connectivity index is 1.46. The highest BCUT2D eigenvalue weighted by molar-refractivity contribution is 7.88. The van der Waals surface area contributed by atoms with Gasteiger partial charge in [-0.25, -0.2) is 32.8 Å². The summed E-state index contributed by atoms with van der Waals surface area (Å²) in [6.07, 6.45) is 4.24. The van der Waals surface area contributed by atoms with Crippen LogP contribution >= 0.6 is 11.6 Å². The first-order valence-electron chi connectivity index (χ1n) is 12.1. The van der Waals surface area contributed by atoms with Gasteiger partial charge in [0.15, 0.2) is 5.82 Å². The molecule has 1 aromatic carbocycles. The zero-order valence-corrected chi connectivity index (χ0v) is 22.2. The van der Waals surface area contributed by atoms with E-state index in [2.05, 4.69) is 19.9 Å². The van der Waals surface area contributed by atoms with Crippen molar-refractivity contribution in [2.75, 3.05) is 26.0 Å². The second-order valence-electron chi connectivity index (χ2n) is 9.69. The lowest BCUT2D eigenvalue weighted by atomic mass is 9.96. The molecule has 198 valence electrons. The summed E-state index contributed by atoms with van der Waals surface area (Å²) in [4.78, 5) is 17.5. The number of imidazole rings is 1. The maximum Gasteiger partial charge on any atom is 0.249 e. The quantitative estimate of drug-likeness (QED) is 0.464. The van der Waals surface area contributed by atoms with Crippen LogP contribution in [-0.4, -0.2) is 75.6 Å². The Labute approximate surface area is 219 Å². The number of sulfonamides is 1. The molecule has 2 saturated heterocycles. The van der Waals surface area contributed by atoms with Gasteiger partial charge in [-0.15, -0.1) is 0 Å². The lowest BCUT2D eigenvalue weighted by Gasteiger charge is -2.32. The van der Waals surface area contributed by atoms with Crippen molar-refractivity contribution >= 4 is 44.8 Å². The Bertz CT molecular complexity index is 1470. The predicted octanol–water partition coefficient (Wildman–Crippen LogP) is 3.67. The Morgan fingerprint density at radius 1 is 1.30 bits per heavy atom. The number of aliphatic imine (C=N–C) groups is 1. The van der Waals surface area contributed by atoms with E-state index in [1.54, 1.807) is 6.07 Å². The zero-order chi connectivity index (χ0) is 26.5. The number of rotatable bonds is 6. The summed E-state index contributed by atoms with van der Waals surface area (Å²) in [6.45, 7) is 4.96. The fourth-order valence-corrected chi connectivity index (χ4v) is 5.76. The standard InChI is InChI=1S/C24H28ClFN6O4S/c1-13(2)32-18-9-15(8-17(26)22(18)29-23(32)20-5-7-36-20)21-16(25)11-28-24(30-21)27-10-14-4-6-31(12-19(14)33)37(3,34)35/h8-11,13-14,19-20,33H,4-7,12H2,1-3H3/b27-10+/t14-,19+,20?/m0/s1. The lowest BCUT2D eigenvalue weighted by molar-refractivity contribution is -0.0599. The molecule has 0 spiro atoms. The van der Waals surface area contributed by atoms with Crippen LogP contribution in [0.25, 0.3) is 22.3 Å². The number of nitrogens with zero attached hydrogens (tertiary/aromatic N) is 6. The van der Waals surface area contributed by atoms with E-state index in [0.29, 0.717) is 35.6 Å². The molecule has 2 aromatic heterocycles. The van der Waals surface area contributed by atoms with E-state index in [0.717, 1.165) is 12.7 Å². The molecule has 3 atom stereocenters. The van der Waals surface area contributed by atoms with Crippen molar-refractivity contribution in [3.8, 4) is 11.3 Å². The number of hydrogen-bond donors (Lipinski definition) is 1. The first-order valence-corrected chi connectivity index (χ1v) is 14.3. The molecular formula is C24H28ClFN6O4S. The van der Waals surface area contributed by atoms with E-state index in [-0.39, 0.29) is 47.6 Å². The SMILES string of the molecule is CC(C)n1c(C2CCO2)nc2c(F)cc(-c3nc(/N=C/[C@@H]4CCN(S(C)(=O)=O)C[C@H]4O)ncc3Cl)cc21. The molecule has 1 N–H and O–H groups in total. The minimum absolute atomic E-state index is 0.00104. The molecule has 2 fully saturated rings. The molecule has 0 aliphatic carbocycles. The molecule has 37 heavy (non-hydrogen) atoms. The number of ether oxygens (including phenoxy) is 1. The molecule has 3 aromatic rings. The van der Waals surface area contributed by atoms with Gasteiger partial charge >= 0.3 is 0 Å². The minimum atomic E-state index is -3.37. The molecule has 2 aliphatic rings. The topological polar surface area (TPSA) is 123 Å². The Morgan fingerprint density at radius 2 is 2.05 bits per heavy atom. The van der Waals surface area contributed by atoms with Crippen molar-refractivity contribution in [2.24, 2.45) is 10.9 Å². The van der Waals surface area contributed by atoms with Gasteiger partial charge < -0.3 is 14.4 Å². The van der Waals surface area contributed by atoms with Gasteiger partial charge in [0, 0.05) is 43.2 Å². The number of benzene rings is 1. The van der Waals surface area contributed by atoms with Crippen LogP contribution in [-0.2, 0) is 14.8 Å². The number of aromatic nitrogens is 4. The summed E-state index contributed by atoms with van der Waals surface area (Å²) in [7, 11) is -3.37. The first kappa shape index (κ1) is 26.1. The van der Waals surface area contributed by atoms with Crippen molar-refractivity contribution in [1.29, 1.82) is 0 Å². The van der Waals surface area contributed by atoms with Crippen LogP contribution in [0.2, 0.25) is 5.02 Å². The predicted molar refractivity (Wildman–Crippen MR) is 138 cm³/mol. The molecule has 5 rings (SSSR count). The van der Waals surface area contributed by atoms with Gasteiger partial charge in [0.2, 0.25) is 16.0 Å². The normalized spacial score (nSPS) is 23.3. The number of halogens is 2. The van der Waals surface area contributed by atoms with Crippen LogP contribution in [0.1, 0.15) is 44.7 Å². The van der Waals surface area contributed by atoms with E-state index in [1.165, 1.54) is 22.8 Å². The van der Waals surface area contributed by atoms with Gasteiger partial charge in [-0.1, -0.05) is 11.6 Å². The molecule has 4 heterocycles. The Morgan fingerprint density at radius 3 is 2.68 bits per heavy atom. The van der Waals surface area contributed by atoms with Gasteiger partial charge in [-0.3, -0.25) is 0 Å². The number of aliphatic hydroxyl groups excluding tert-OH is 1. The summed E-state index contributed by atoms with van der Waals surface area (Å²) < 4.78 is 47.6. The van der Waals surface area contributed by atoms with Crippen LogP contribution in [0.5, 0.6) is 0 Å². The van der Waals surface area contributed by atoms with E-state index >= 15 is 4.39 Å². The third kappa shape index (κ3) is 5.13. The Hall–Kier alpha value is -2.51. The highest BCUT2D eigenvalue weighted by Crippen LogP contribution is 2.37. The number of fused-ring (bicyclic) bond motifs is 1. The number of piperidine rings is 1. The maximum absolute atomic E-state index is 15.2. The van der Waals surface area contributed by atoms with Crippen molar-refractivity contribution in [3.05, 3.63) is 35.0 Å². The van der Waals surface area contributed by atoms with Crippen LogP contribution in [0.15, 0.2) is 23.3 Å². The molecule has 2 aliphatic heterocycles. The highest BCUT2D eigenvalue weighted by atomic mass is 35.5. The van der Waals surface area contributed by atoms with Crippen molar-refractivity contribution in [2.45, 2.75) is 44.9 Å². The number of hydrogen-bond acceptors (Lipinski definition) is 8. The highest BCUT2D eigenvalue weighted by Gasteiger charge is 2.31. The third-order valence-corrected chi connectivity index (χ3v) is 8.28. The lowest BCUT2D eigenvalue weighted by Crippen LogP contribution is -2.46. The summed E-state index contributed by atoms with van der Waals surface area (Å²) in [6, 6.07) is 3.18. The molecule has 10 nitrogen and oxygen atoms in total. The first-order chi connectivity index (χ1) is 17.5. The molecule has 0 saturated carbocycles. The zero-order valence-electron chi connectivity index (χ0n) is 20.7. The fourth-order valence-electron chi connectivity index (χ4n) is 4.70. The third-order valence-electron chi connectivity index (χ3n) is 6.73. The monoisotopic (exact) mass is 550 g/mol. The second kappa shape index (κ2) is 9.99. The molecule has 0 radical (unpaired) electrons. The second-order valence-corrected chi connectivity index (χ2v) is 12.1. The fraction of sp³-hybridized carbons (Fsp3) is 0.500. The van der Waals surface area contributed by atoms with E-state index in [1.807, 2.05) is 18.4 Å². The van der Waals surface area contributed by atoms with Crippen LogP contribution < -0.4 is 0 Å². The van der Waals surface area contributed by atoms with Crippen molar-refractivity contribution in [1.82, 2.24) is 23.8 Å². The van der Waals surface area contributed by atoms with E-state index in [9.17, 15) is 13.5 Å². The van der Waals surface area contributed by atoms with Gasteiger partial charge in [0.05, 0.1) is 41.4 Å². The van der Waals surface area contributed by atoms with E-state index < -0.39 is 21.9 Å². The summed E-state index contributed by atoms with van der Waals surface area (Å²) >= 11 is 6.41. The van der Waals surface area contributed by atoms with Crippen LogP contribution in [0, 0.1) is 11.7 Å². The van der Waals surface area contributed by atoms with Crippen molar-refractivity contribution < 1.29 is 22.7 Å². The van der Waals surface area contributed by atoms with E-state index in [4.69, 9.17) is 16.3 Å². The van der Waals surface area contributed by atoms with Crippen LogP contribution in [0.3, 0.4) is 0 Å².